The first-order chi connectivity index (χ1) is 8.38. The topological polar surface area (TPSA) is 78.8 Å². The van der Waals surface area contributed by atoms with E-state index in [9.17, 15) is 0 Å². The van der Waals surface area contributed by atoms with E-state index < -0.39 is 0 Å². The molecule has 2 N–H and O–H groups in total. The van der Waals surface area contributed by atoms with E-state index in [-0.39, 0.29) is 6.23 Å². The second-order valence-electron chi connectivity index (χ2n) is 4.17. The van der Waals surface area contributed by atoms with Crippen molar-refractivity contribution in [2.45, 2.75) is 32.0 Å². The van der Waals surface area contributed by atoms with Gasteiger partial charge < -0.3 is 10.5 Å². The number of aromatic nitrogens is 4. The van der Waals surface area contributed by atoms with Gasteiger partial charge in [-0.15, -0.1) is 0 Å². The molecule has 2 aromatic heterocycles. The Morgan fingerprint density at radius 2 is 2.35 bits per heavy atom. The summed E-state index contributed by atoms with van der Waals surface area (Å²) in [4.78, 5) is 12.8. The third kappa shape index (κ3) is 1.89. The van der Waals surface area contributed by atoms with Crippen LogP contribution >= 0.6 is 0 Å². The Hall–Kier alpha value is -1.53. The van der Waals surface area contributed by atoms with Crippen LogP contribution in [0.5, 0.6) is 0 Å². The van der Waals surface area contributed by atoms with E-state index in [2.05, 4.69) is 15.0 Å². The molecule has 1 fully saturated rings. The third-order valence-electron chi connectivity index (χ3n) is 3.01. The van der Waals surface area contributed by atoms with E-state index in [1.165, 1.54) is 6.42 Å². The van der Waals surface area contributed by atoms with Crippen molar-refractivity contribution in [3.05, 3.63) is 18.3 Å². The molecule has 3 heterocycles. The van der Waals surface area contributed by atoms with Gasteiger partial charge in [-0.3, -0.25) is 4.57 Å². The molecule has 1 aliphatic rings. The van der Waals surface area contributed by atoms with Crippen LogP contribution in [0.2, 0.25) is 0 Å². The molecule has 6 heteroatoms. The summed E-state index contributed by atoms with van der Waals surface area (Å²) in [5.41, 5.74) is 7.15. The molecule has 0 amide bonds. The van der Waals surface area contributed by atoms with Crippen molar-refractivity contribution in [2.75, 3.05) is 6.61 Å². The van der Waals surface area contributed by atoms with Gasteiger partial charge in [0.25, 0.3) is 0 Å². The molecule has 0 aliphatic carbocycles. The van der Waals surface area contributed by atoms with Gasteiger partial charge in [0.1, 0.15) is 17.6 Å². The molecule has 1 unspecified atom stereocenters. The summed E-state index contributed by atoms with van der Waals surface area (Å²) in [6.07, 6.45) is 6.85. The molecule has 0 radical (unpaired) electrons. The Balaban J connectivity index is 2.02. The summed E-state index contributed by atoms with van der Waals surface area (Å²) < 4.78 is 7.72. The van der Waals surface area contributed by atoms with Crippen molar-refractivity contribution in [1.82, 2.24) is 19.5 Å². The Labute approximate surface area is 98.8 Å². The molecular weight excluding hydrogens is 218 g/mol. The van der Waals surface area contributed by atoms with Crippen molar-refractivity contribution >= 4 is 11.2 Å². The van der Waals surface area contributed by atoms with E-state index in [1.807, 2.05) is 4.57 Å². The third-order valence-corrected chi connectivity index (χ3v) is 3.01. The lowest BCUT2D eigenvalue weighted by atomic mass is 10.2. The number of hydrogen-bond donors (Lipinski definition) is 1. The minimum absolute atomic E-state index is 0.0503. The second kappa shape index (κ2) is 4.38. The zero-order chi connectivity index (χ0) is 11.7. The summed E-state index contributed by atoms with van der Waals surface area (Å²) in [6, 6.07) is 0. The van der Waals surface area contributed by atoms with E-state index in [0.717, 1.165) is 30.6 Å². The highest BCUT2D eigenvalue weighted by molar-refractivity contribution is 5.69. The van der Waals surface area contributed by atoms with Crippen LogP contribution in [0.15, 0.2) is 12.5 Å². The van der Waals surface area contributed by atoms with Crippen molar-refractivity contribution in [3.8, 4) is 0 Å². The average Bonchev–Trinajstić information content (AvgIpc) is 2.82. The van der Waals surface area contributed by atoms with Gasteiger partial charge in [0.05, 0.1) is 19.1 Å². The Morgan fingerprint density at radius 1 is 1.41 bits per heavy atom. The molecule has 90 valence electrons. The van der Waals surface area contributed by atoms with Crippen LogP contribution in [-0.4, -0.2) is 26.1 Å². The predicted molar refractivity (Wildman–Crippen MR) is 62.1 cm³/mol. The van der Waals surface area contributed by atoms with Gasteiger partial charge in [0.15, 0.2) is 5.65 Å². The van der Waals surface area contributed by atoms with Crippen LogP contribution in [0.3, 0.4) is 0 Å². The first kappa shape index (κ1) is 10.6. The predicted octanol–water partition coefficient (Wildman–Crippen LogP) is 0.984. The molecule has 0 bridgehead atoms. The quantitative estimate of drug-likeness (QED) is 0.836. The summed E-state index contributed by atoms with van der Waals surface area (Å²) in [7, 11) is 0. The lowest BCUT2D eigenvalue weighted by Gasteiger charge is -2.23. The number of rotatable bonds is 2. The SMILES string of the molecule is NCc1ncc2ncn(C3CCCCO3)c2n1. The highest BCUT2D eigenvalue weighted by Crippen LogP contribution is 2.25. The van der Waals surface area contributed by atoms with Crippen molar-refractivity contribution in [2.24, 2.45) is 5.73 Å². The summed E-state index contributed by atoms with van der Waals surface area (Å²) in [5, 5.41) is 0. The highest BCUT2D eigenvalue weighted by Gasteiger charge is 2.18. The molecule has 1 atom stereocenters. The molecular formula is C11H15N5O. The molecule has 0 aromatic carbocycles. The number of imidazole rings is 1. The average molecular weight is 233 g/mol. The van der Waals surface area contributed by atoms with Crippen molar-refractivity contribution in [3.63, 3.8) is 0 Å². The number of nitrogens with zero attached hydrogens (tertiary/aromatic N) is 4. The Morgan fingerprint density at radius 3 is 3.12 bits per heavy atom. The molecule has 0 saturated carbocycles. The molecule has 6 nitrogen and oxygen atoms in total. The Bertz CT molecular complexity index is 518. The summed E-state index contributed by atoms with van der Waals surface area (Å²) in [6.45, 7) is 1.14. The van der Waals surface area contributed by atoms with E-state index in [1.54, 1.807) is 12.5 Å². The Kier molecular flexibility index (Phi) is 2.74. The van der Waals surface area contributed by atoms with Crippen LogP contribution in [0.25, 0.3) is 11.2 Å². The molecule has 0 spiro atoms. The summed E-state index contributed by atoms with van der Waals surface area (Å²) in [5.74, 6) is 0.634. The van der Waals surface area contributed by atoms with Crippen LogP contribution in [0.4, 0.5) is 0 Å². The van der Waals surface area contributed by atoms with Crippen LogP contribution in [-0.2, 0) is 11.3 Å². The monoisotopic (exact) mass is 233 g/mol. The van der Waals surface area contributed by atoms with Gasteiger partial charge >= 0.3 is 0 Å². The smallest absolute Gasteiger partial charge is 0.165 e. The summed E-state index contributed by atoms with van der Waals surface area (Å²) >= 11 is 0. The number of ether oxygens (including phenoxy) is 1. The van der Waals surface area contributed by atoms with E-state index in [0.29, 0.717) is 12.4 Å². The fourth-order valence-electron chi connectivity index (χ4n) is 2.11. The van der Waals surface area contributed by atoms with Gasteiger partial charge in [-0.25, -0.2) is 15.0 Å². The van der Waals surface area contributed by atoms with Crippen LogP contribution in [0.1, 0.15) is 31.3 Å². The van der Waals surface area contributed by atoms with E-state index >= 15 is 0 Å². The molecule has 3 rings (SSSR count). The minimum atomic E-state index is 0.0503. The highest BCUT2D eigenvalue weighted by atomic mass is 16.5. The van der Waals surface area contributed by atoms with E-state index in [4.69, 9.17) is 10.5 Å². The minimum Gasteiger partial charge on any atom is -0.358 e. The number of nitrogens with two attached hydrogens (primary N) is 1. The first-order valence-corrected chi connectivity index (χ1v) is 5.88. The number of fused-ring (bicyclic) bond motifs is 1. The lowest BCUT2D eigenvalue weighted by Crippen LogP contribution is -2.18. The molecule has 1 saturated heterocycles. The van der Waals surface area contributed by atoms with Gasteiger partial charge in [-0.05, 0) is 19.3 Å². The molecule has 1 aliphatic heterocycles. The van der Waals surface area contributed by atoms with Crippen LogP contribution < -0.4 is 5.73 Å². The maximum atomic E-state index is 5.74. The number of hydrogen-bond acceptors (Lipinski definition) is 5. The van der Waals surface area contributed by atoms with Crippen LogP contribution in [0, 0.1) is 0 Å². The maximum absolute atomic E-state index is 5.74. The normalized spacial score (nSPS) is 20.9. The first-order valence-electron chi connectivity index (χ1n) is 5.88. The second-order valence-corrected chi connectivity index (χ2v) is 4.17. The van der Waals surface area contributed by atoms with Crippen molar-refractivity contribution in [1.29, 1.82) is 0 Å². The lowest BCUT2D eigenvalue weighted by molar-refractivity contribution is -0.0298. The zero-order valence-corrected chi connectivity index (χ0v) is 9.54. The fourth-order valence-corrected chi connectivity index (χ4v) is 2.11. The van der Waals surface area contributed by atoms with Crippen molar-refractivity contribution < 1.29 is 4.74 Å². The zero-order valence-electron chi connectivity index (χ0n) is 9.54. The van der Waals surface area contributed by atoms with Gasteiger partial charge in [0.2, 0.25) is 0 Å². The molecule has 2 aromatic rings. The largest absolute Gasteiger partial charge is 0.358 e. The van der Waals surface area contributed by atoms with Gasteiger partial charge in [-0.1, -0.05) is 0 Å². The maximum Gasteiger partial charge on any atom is 0.165 e. The van der Waals surface area contributed by atoms with Gasteiger partial charge in [0, 0.05) is 6.61 Å². The molecule has 17 heavy (non-hydrogen) atoms. The standard InChI is InChI=1S/C11H15N5O/c12-5-9-13-6-8-11(15-9)16(7-14-8)10-3-1-2-4-17-10/h6-7,10H,1-5,12H2. The fraction of sp³-hybridized carbons (Fsp3) is 0.545. The van der Waals surface area contributed by atoms with Gasteiger partial charge in [-0.2, -0.15) is 0 Å².